The maximum absolute atomic E-state index is 14.7. The summed E-state index contributed by atoms with van der Waals surface area (Å²) in [5, 5.41) is 10.5. The van der Waals surface area contributed by atoms with Gasteiger partial charge in [0.1, 0.15) is 11.6 Å². The Hall–Kier alpha value is -2.19. The first-order valence-electron chi connectivity index (χ1n) is 14.5. The third-order valence-corrected chi connectivity index (χ3v) is 9.96. The Kier molecular flexibility index (Phi) is 8.43. The van der Waals surface area contributed by atoms with Crippen LogP contribution in [0.15, 0.2) is 25.3 Å². The highest BCUT2D eigenvalue weighted by Crippen LogP contribution is 2.64. The zero-order chi connectivity index (χ0) is 27.8. The monoisotopic (exact) mass is 529 g/mol. The zero-order valence-corrected chi connectivity index (χ0v) is 23.7. The number of nitrogens with zero attached hydrogens (tertiary/aromatic N) is 3. The van der Waals surface area contributed by atoms with Crippen molar-refractivity contribution < 1.29 is 24.2 Å². The van der Waals surface area contributed by atoms with E-state index in [4.69, 9.17) is 4.74 Å². The van der Waals surface area contributed by atoms with Gasteiger partial charge in [0, 0.05) is 26.2 Å². The summed E-state index contributed by atoms with van der Waals surface area (Å²) in [4.78, 5) is 48.0. The normalized spacial score (nSPS) is 34.1. The predicted octanol–water partition coefficient (Wildman–Crippen LogP) is 3.15. The van der Waals surface area contributed by atoms with Crippen molar-refractivity contribution in [3.05, 3.63) is 25.3 Å². The highest BCUT2D eigenvalue weighted by atomic mass is 16.5. The molecule has 0 aromatic rings. The van der Waals surface area contributed by atoms with Crippen molar-refractivity contribution in [2.45, 2.75) is 101 Å². The number of hydrogen-bond donors (Lipinski definition) is 1. The molecule has 3 amide bonds. The summed E-state index contributed by atoms with van der Waals surface area (Å²) in [7, 11) is 1.72. The molecular formula is C30H47N3O5. The first kappa shape index (κ1) is 28.8. The molecule has 3 saturated heterocycles. The number of hydrogen-bond acceptors (Lipinski definition) is 5. The van der Waals surface area contributed by atoms with Gasteiger partial charge in [0.25, 0.3) is 0 Å². The van der Waals surface area contributed by atoms with Gasteiger partial charge in [0.05, 0.1) is 30.1 Å². The minimum absolute atomic E-state index is 0.0256. The van der Waals surface area contributed by atoms with Crippen molar-refractivity contribution in [3.8, 4) is 0 Å². The van der Waals surface area contributed by atoms with Crippen molar-refractivity contribution in [2.75, 3.05) is 26.7 Å². The Bertz CT molecular complexity index is 948. The fourth-order valence-corrected chi connectivity index (χ4v) is 7.82. The number of fused-ring (bicyclic) bond motifs is 1. The number of likely N-dealkylation sites (tertiary alicyclic amines) is 1. The van der Waals surface area contributed by atoms with Gasteiger partial charge in [-0.2, -0.15) is 0 Å². The molecule has 212 valence electrons. The van der Waals surface area contributed by atoms with Crippen molar-refractivity contribution in [1.82, 2.24) is 14.7 Å². The Labute approximate surface area is 228 Å². The van der Waals surface area contributed by atoms with Gasteiger partial charge in [0.2, 0.25) is 17.7 Å². The predicted molar refractivity (Wildman–Crippen MR) is 146 cm³/mol. The highest BCUT2D eigenvalue weighted by molar-refractivity contribution is 5.99. The number of rotatable bonds is 11. The molecular weight excluding hydrogens is 482 g/mol. The van der Waals surface area contributed by atoms with Crippen molar-refractivity contribution in [3.63, 3.8) is 0 Å². The van der Waals surface area contributed by atoms with Crippen LogP contribution >= 0.6 is 0 Å². The van der Waals surface area contributed by atoms with Crippen molar-refractivity contribution in [2.24, 2.45) is 17.8 Å². The van der Waals surface area contributed by atoms with Gasteiger partial charge < -0.3 is 24.5 Å². The van der Waals surface area contributed by atoms with Gasteiger partial charge in [-0.1, -0.05) is 51.7 Å². The third-order valence-electron chi connectivity index (χ3n) is 9.96. The van der Waals surface area contributed by atoms with E-state index < -0.39 is 35.1 Å². The number of likely N-dealkylation sites (N-methyl/N-ethyl adjacent to an activating group) is 1. The topological polar surface area (TPSA) is 90.4 Å². The Morgan fingerprint density at radius 3 is 2.39 bits per heavy atom. The molecule has 4 fully saturated rings. The van der Waals surface area contributed by atoms with Crippen LogP contribution in [0.25, 0.3) is 0 Å². The molecule has 3 aliphatic heterocycles. The lowest BCUT2D eigenvalue weighted by Gasteiger charge is -2.43. The number of amides is 3. The van der Waals surface area contributed by atoms with E-state index in [2.05, 4.69) is 13.2 Å². The minimum atomic E-state index is -1.09. The summed E-state index contributed by atoms with van der Waals surface area (Å²) in [6, 6.07) is -1.32. The molecule has 1 spiro atoms. The summed E-state index contributed by atoms with van der Waals surface area (Å²) >= 11 is 0. The van der Waals surface area contributed by atoms with Gasteiger partial charge in [-0.25, -0.2) is 0 Å². The van der Waals surface area contributed by atoms with E-state index in [0.717, 1.165) is 38.5 Å². The van der Waals surface area contributed by atoms with Gasteiger partial charge in [-0.15, -0.1) is 13.2 Å². The lowest BCUT2D eigenvalue weighted by atomic mass is 9.66. The van der Waals surface area contributed by atoms with Crippen LogP contribution in [0.3, 0.4) is 0 Å². The Balaban J connectivity index is 1.82. The van der Waals surface area contributed by atoms with Crippen LogP contribution in [0.2, 0.25) is 0 Å². The molecule has 0 aromatic heterocycles. The molecule has 4 rings (SSSR count). The van der Waals surface area contributed by atoms with Gasteiger partial charge >= 0.3 is 0 Å². The molecule has 38 heavy (non-hydrogen) atoms. The fourth-order valence-electron chi connectivity index (χ4n) is 7.82. The van der Waals surface area contributed by atoms with Crippen LogP contribution in [0.5, 0.6) is 0 Å². The molecule has 1 saturated carbocycles. The van der Waals surface area contributed by atoms with Crippen LogP contribution in [0, 0.1) is 17.8 Å². The number of carbonyl (C=O) groups excluding carboxylic acids is 3. The standard InChI is InChI=1S/C30H47N3O5/c1-7-17-31(6)26(35)23-24-27(36)33(22(19-34)20(4)9-3)25(30(24)16-15-29(23,5)38-30)28(37)32(18-8-2)21-13-11-10-12-14-21/h7-8,20-25,34H,1-2,9-19H2,3-6H3/t20-,22-,23-,24-,25?,29+,30?/m0/s1. The Morgan fingerprint density at radius 1 is 1.16 bits per heavy atom. The summed E-state index contributed by atoms with van der Waals surface area (Å²) in [5.41, 5.74) is -1.91. The summed E-state index contributed by atoms with van der Waals surface area (Å²) < 4.78 is 6.80. The number of aliphatic hydroxyl groups excluding tert-OH is 1. The van der Waals surface area contributed by atoms with Crippen LogP contribution in [0.4, 0.5) is 0 Å². The van der Waals surface area contributed by atoms with E-state index in [-0.39, 0.29) is 36.3 Å². The smallest absolute Gasteiger partial charge is 0.248 e. The average molecular weight is 530 g/mol. The van der Waals surface area contributed by atoms with Crippen LogP contribution in [-0.4, -0.2) is 93.6 Å². The molecule has 8 heteroatoms. The second-order valence-corrected chi connectivity index (χ2v) is 12.2. The average Bonchev–Trinajstić information content (AvgIpc) is 3.48. The minimum Gasteiger partial charge on any atom is -0.394 e. The van der Waals surface area contributed by atoms with Gasteiger partial charge in [-0.05, 0) is 38.5 Å². The second kappa shape index (κ2) is 11.1. The first-order valence-corrected chi connectivity index (χ1v) is 14.5. The number of carbonyl (C=O) groups is 3. The molecule has 7 atom stereocenters. The molecule has 1 aliphatic carbocycles. The number of aliphatic hydroxyl groups is 1. The maximum atomic E-state index is 14.7. The third kappa shape index (κ3) is 4.41. The van der Waals surface area contributed by atoms with Gasteiger partial charge in [0.15, 0.2) is 0 Å². The molecule has 4 aliphatic rings. The van der Waals surface area contributed by atoms with Gasteiger partial charge in [-0.3, -0.25) is 14.4 Å². The second-order valence-electron chi connectivity index (χ2n) is 12.2. The lowest BCUT2D eigenvalue weighted by Crippen LogP contribution is -2.61. The molecule has 3 heterocycles. The SMILES string of the molecule is C=CCN(C)C(=O)[C@@H]1[C@H]2C(=O)N([C@@H](CO)[C@@H](C)CC)C(C(=O)N(CC=C)C3CCCCC3)C23CC[C@@]1(C)O3. The van der Waals surface area contributed by atoms with E-state index >= 15 is 0 Å². The number of ether oxygens (including phenoxy) is 1. The molecule has 0 aromatic carbocycles. The lowest BCUT2D eigenvalue weighted by molar-refractivity contribution is -0.159. The van der Waals surface area contributed by atoms with Crippen LogP contribution < -0.4 is 0 Å². The van der Waals surface area contributed by atoms with Crippen molar-refractivity contribution >= 4 is 17.7 Å². The summed E-state index contributed by atoms with van der Waals surface area (Å²) in [6.07, 6.45) is 10.5. The molecule has 2 unspecified atom stereocenters. The fraction of sp³-hybridized carbons (Fsp3) is 0.767. The largest absolute Gasteiger partial charge is 0.394 e. The molecule has 0 radical (unpaired) electrons. The Morgan fingerprint density at radius 2 is 1.82 bits per heavy atom. The van der Waals surface area contributed by atoms with Crippen molar-refractivity contribution in [1.29, 1.82) is 0 Å². The highest BCUT2D eigenvalue weighted by Gasteiger charge is 2.79. The van der Waals surface area contributed by atoms with E-state index in [1.807, 2.05) is 25.7 Å². The van der Waals surface area contributed by atoms with E-state index in [1.54, 1.807) is 29.0 Å². The molecule has 2 bridgehead atoms. The van der Waals surface area contributed by atoms with Crippen LogP contribution in [0.1, 0.15) is 72.1 Å². The van der Waals surface area contributed by atoms with E-state index in [9.17, 15) is 19.5 Å². The first-order chi connectivity index (χ1) is 18.1. The summed E-state index contributed by atoms with van der Waals surface area (Å²) in [5.74, 6) is -2.00. The quantitative estimate of drug-likeness (QED) is 0.416. The van der Waals surface area contributed by atoms with E-state index in [0.29, 0.717) is 25.9 Å². The molecule has 1 N–H and O–H groups in total. The maximum Gasteiger partial charge on any atom is 0.248 e. The summed E-state index contributed by atoms with van der Waals surface area (Å²) in [6.45, 7) is 14.2. The molecule has 8 nitrogen and oxygen atoms in total. The zero-order valence-electron chi connectivity index (χ0n) is 23.7. The van der Waals surface area contributed by atoms with E-state index in [1.165, 1.54) is 0 Å². The van der Waals surface area contributed by atoms with Crippen LogP contribution in [-0.2, 0) is 19.1 Å².